The Labute approximate surface area is 103 Å². The van der Waals surface area contributed by atoms with Gasteiger partial charge < -0.3 is 19.5 Å². The zero-order valence-electron chi connectivity index (χ0n) is 11.0. The molecule has 0 spiro atoms. The van der Waals surface area contributed by atoms with Crippen LogP contribution in [0.1, 0.15) is 20.3 Å². The molecule has 1 heterocycles. The molecule has 0 radical (unpaired) electrons. The molecule has 1 N–H and O–H groups in total. The van der Waals surface area contributed by atoms with E-state index in [2.05, 4.69) is 5.32 Å². The predicted molar refractivity (Wildman–Crippen MR) is 63.8 cm³/mol. The molecule has 0 aromatic rings. The van der Waals surface area contributed by atoms with Crippen molar-refractivity contribution in [2.45, 2.75) is 25.8 Å². The minimum absolute atomic E-state index is 0.273. The summed E-state index contributed by atoms with van der Waals surface area (Å²) in [4.78, 5) is 11.7. The highest BCUT2D eigenvalue weighted by molar-refractivity contribution is 5.80. The topological polar surface area (TPSA) is 56.8 Å². The third-order valence-corrected chi connectivity index (χ3v) is 3.05. The molecule has 2 atom stereocenters. The molecule has 1 saturated heterocycles. The van der Waals surface area contributed by atoms with E-state index in [0.717, 1.165) is 19.6 Å². The first-order chi connectivity index (χ1) is 8.12. The van der Waals surface area contributed by atoms with Gasteiger partial charge in [-0.15, -0.1) is 0 Å². The molecule has 1 rings (SSSR count). The molecule has 0 aromatic carbocycles. The standard InChI is InChI=1S/C12H23NO4/c1-4-17-11(14)12(2,13-3)9-16-8-10-5-6-15-7-10/h10,13H,4-9H2,1-3H3. The van der Waals surface area contributed by atoms with Crippen molar-refractivity contribution in [1.82, 2.24) is 5.32 Å². The summed E-state index contributed by atoms with van der Waals surface area (Å²) in [5.74, 6) is 0.184. The zero-order chi connectivity index (χ0) is 12.7. The number of carbonyl (C=O) groups is 1. The van der Waals surface area contributed by atoms with Crippen LogP contribution in [0.25, 0.3) is 0 Å². The van der Waals surface area contributed by atoms with Crippen LogP contribution < -0.4 is 5.32 Å². The molecule has 0 saturated carbocycles. The lowest BCUT2D eigenvalue weighted by Crippen LogP contribution is -2.52. The summed E-state index contributed by atoms with van der Waals surface area (Å²) in [6.45, 7) is 6.49. The van der Waals surface area contributed by atoms with Gasteiger partial charge in [0, 0.05) is 12.5 Å². The van der Waals surface area contributed by atoms with E-state index in [9.17, 15) is 4.79 Å². The SMILES string of the molecule is CCOC(=O)C(C)(COCC1CCOC1)NC. The first-order valence-corrected chi connectivity index (χ1v) is 6.14. The minimum atomic E-state index is -0.768. The van der Waals surface area contributed by atoms with Gasteiger partial charge in [0.15, 0.2) is 0 Å². The van der Waals surface area contributed by atoms with Gasteiger partial charge in [0.1, 0.15) is 5.54 Å². The molecular formula is C12H23NO4. The van der Waals surface area contributed by atoms with Crippen LogP contribution in [0.15, 0.2) is 0 Å². The smallest absolute Gasteiger partial charge is 0.328 e. The molecule has 0 aromatic heterocycles. The Morgan fingerprint density at radius 3 is 2.88 bits per heavy atom. The maximum Gasteiger partial charge on any atom is 0.328 e. The van der Waals surface area contributed by atoms with Gasteiger partial charge in [-0.25, -0.2) is 4.79 Å². The Hall–Kier alpha value is -0.650. The number of rotatable bonds is 7. The maximum absolute atomic E-state index is 11.7. The van der Waals surface area contributed by atoms with Crippen molar-refractivity contribution in [2.75, 3.05) is 40.1 Å². The fourth-order valence-corrected chi connectivity index (χ4v) is 1.67. The third kappa shape index (κ3) is 4.26. The van der Waals surface area contributed by atoms with Gasteiger partial charge in [-0.3, -0.25) is 0 Å². The van der Waals surface area contributed by atoms with Gasteiger partial charge >= 0.3 is 5.97 Å². The molecule has 17 heavy (non-hydrogen) atoms. The summed E-state index contributed by atoms with van der Waals surface area (Å²) in [6.07, 6.45) is 1.04. The minimum Gasteiger partial charge on any atom is -0.465 e. The van der Waals surface area contributed by atoms with E-state index in [0.29, 0.717) is 25.7 Å². The third-order valence-electron chi connectivity index (χ3n) is 3.05. The number of esters is 1. The van der Waals surface area contributed by atoms with Crippen molar-refractivity contribution in [2.24, 2.45) is 5.92 Å². The van der Waals surface area contributed by atoms with Crippen LogP contribution >= 0.6 is 0 Å². The lowest BCUT2D eigenvalue weighted by Gasteiger charge is -2.26. The zero-order valence-corrected chi connectivity index (χ0v) is 11.0. The van der Waals surface area contributed by atoms with Crippen molar-refractivity contribution in [3.05, 3.63) is 0 Å². The van der Waals surface area contributed by atoms with Crippen LogP contribution in [0.3, 0.4) is 0 Å². The lowest BCUT2D eigenvalue weighted by molar-refractivity contribution is -0.153. The van der Waals surface area contributed by atoms with Crippen LogP contribution in [0.4, 0.5) is 0 Å². The normalized spacial score (nSPS) is 23.4. The van der Waals surface area contributed by atoms with Gasteiger partial charge in [0.05, 0.1) is 26.4 Å². The predicted octanol–water partition coefficient (Wildman–Crippen LogP) is 0.581. The number of carbonyl (C=O) groups excluding carboxylic acids is 1. The van der Waals surface area contributed by atoms with Gasteiger partial charge in [-0.05, 0) is 27.3 Å². The summed E-state index contributed by atoms with van der Waals surface area (Å²) in [5.41, 5.74) is -0.768. The van der Waals surface area contributed by atoms with Crippen molar-refractivity contribution >= 4 is 5.97 Å². The lowest BCUT2D eigenvalue weighted by atomic mass is 10.0. The van der Waals surface area contributed by atoms with Crippen LogP contribution in [0, 0.1) is 5.92 Å². The Kier molecular flexibility index (Phi) is 5.88. The number of hydrogen-bond donors (Lipinski definition) is 1. The Balaban J connectivity index is 2.31. The molecular weight excluding hydrogens is 222 g/mol. The van der Waals surface area contributed by atoms with Crippen LogP contribution in [-0.4, -0.2) is 51.6 Å². The monoisotopic (exact) mass is 245 g/mol. The van der Waals surface area contributed by atoms with Gasteiger partial charge in [0.25, 0.3) is 0 Å². The van der Waals surface area contributed by atoms with Crippen molar-refractivity contribution < 1.29 is 19.0 Å². The average molecular weight is 245 g/mol. The fraction of sp³-hybridized carbons (Fsp3) is 0.917. The Bertz CT molecular complexity index is 241. The quantitative estimate of drug-likeness (QED) is 0.665. The first kappa shape index (κ1) is 14.4. The highest BCUT2D eigenvalue weighted by Crippen LogP contribution is 2.14. The second-order valence-corrected chi connectivity index (χ2v) is 4.55. The molecule has 2 unspecified atom stereocenters. The molecule has 5 nitrogen and oxygen atoms in total. The number of nitrogens with one attached hydrogen (secondary N) is 1. The van der Waals surface area contributed by atoms with E-state index in [1.165, 1.54) is 0 Å². The molecule has 5 heteroatoms. The Morgan fingerprint density at radius 2 is 2.35 bits per heavy atom. The van der Waals surface area contributed by atoms with E-state index >= 15 is 0 Å². The molecule has 1 aliphatic heterocycles. The first-order valence-electron chi connectivity index (χ1n) is 6.14. The molecule has 0 aliphatic carbocycles. The summed E-state index contributed by atoms with van der Waals surface area (Å²) in [6, 6.07) is 0. The average Bonchev–Trinajstić information content (AvgIpc) is 2.82. The van der Waals surface area contributed by atoms with Crippen molar-refractivity contribution in [3.63, 3.8) is 0 Å². The van der Waals surface area contributed by atoms with Crippen LogP contribution in [-0.2, 0) is 19.0 Å². The summed E-state index contributed by atoms with van der Waals surface area (Å²) in [7, 11) is 1.74. The molecule has 100 valence electrons. The maximum atomic E-state index is 11.7. The molecule has 1 fully saturated rings. The van der Waals surface area contributed by atoms with Gasteiger partial charge in [0.2, 0.25) is 0 Å². The van der Waals surface area contributed by atoms with E-state index in [1.54, 1.807) is 20.9 Å². The van der Waals surface area contributed by atoms with Crippen molar-refractivity contribution in [1.29, 1.82) is 0 Å². The number of ether oxygens (including phenoxy) is 3. The summed E-state index contributed by atoms with van der Waals surface area (Å²) < 4.78 is 15.9. The Morgan fingerprint density at radius 1 is 1.59 bits per heavy atom. The molecule has 1 aliphatic rings. The van der Waals surface area contributed by atoms with E-state index < -0.39 is 5.54 Å². The number of likely N-dealkylation sites (N-methyl/N-ethyl adjacent to an activating group) is 1. The largest absolute Gasteiger partial charge is 0.465 e. The highest BCUT2D eigenvalue weighted by Gasteiger charge is 2.33. The van der Waals surface area contributed by atoms with Gasteiger partial charge in [-0.2, -0.15) is 0 Å². The van der Waals surface area contributed by atoms with E-state index in [4.69, 9.17) is 14.2 Å². The van der Waals surface area contributed by atoms with Crippen LogP contribution in [0.2, 0.25) is 0 Å². The second-order valence-electron chi connectivity index (χ2n) is 4.55. The summed E-state index contributed by atoms with van der Waals surface area (Å²) >= 11 is 0. The van der Waals surface area contributed by atoms with Crippen molar-refractivity contribution in [3.8, 4) is 0 Å². The van der Waals surface area contributed by atoms with E-state index in [-0.39, 0.29) is 5.97 Å². The second kappa shape index (κ2) is 6.93. The molecule has 0 bridgehead atoms. The number of hydrogen-bond acceptors (Lipinski definition) is 5. The fourth-order valence-electron chi connectivity index (χ4n) is 1.67. The van der Waals surface area contributed by atoms with E-state index in [1.807, 2.05) is 0 Å². The molecule has 0 amide bonds. The summed E-state index contributed by atoms with van der Waals surface area (Å²) in [5, 5.41) is 2.96. The highest BCUT2D eigenvalue weighted by atomic mass is 16.5. The van der Waals surface area contributed by atoms with Crippen LogP contribution in [0.5, 0.6) is 0 Å². The van der Waals surface area contributed by atoms with Gasteiger partial charge in [-0.1, -0.05) is 0 Å².